The van der Waals surface area contributed by atoms with Crippen LogP contribution in [0.5, 0.6) is 0 Å². The summed E-state index contributed by atoms with van der Waals surface area (Å²) in [4.78, 5) is 51.2. The molecule has 4 aliphatic rings. The molecule has 244 valence electrons. The highest BCUT2D eigenvalue weighted by Gasteiger charge is 2.54. The molecule has 0 aromatic heterocycles. The summed E-state index contributed by atoms with van der Waals surface area (Å²) < 4.78 is 33.3. The fourth-order valence-corrected chi connectivity index (χ4v) is 6.45. The van der Waals surface area contributed by atoms with E-state index in [9.17, 15) is 19.2 Å². The third-order valence-corrected chi connectivity index (χ3v) is 9.26. The van der Waals surface area contributed by atoms with Crippen LogP contribution in [0, 0.1) is 23.7 Å². The van der Waals surface area contributed by atoms with Gasteiger partial charge in [-0.25, -0.2) is 0 Å². The zero-order valence-corrected chi connectivity index (χ0v) is 26.1. The molecule has 0 amide bonds. The number of fused-ring (bicyclic) bond motifs is 2. The van der Waals surface area contributed by atoms with Crippen molar-refractivity contribution in [3.05, 3.63) is 0 Å². The Morgan fingerprint density at radius 2 is 0.698 bits per heavy atom. The van der Waals surface area contributed by atoms with Gasteiger partial charge in [-0.15, -0.1) is 0 Å². The zero-order chi connectivity index (χ0) is 30.6. The number of epoxide rings is 2. The van der Waals surface area contributed by atoms with Crippen LogP contribution in [0.2, 0.25) is 0 Å². The van der Waals surface area contributed by atoms with Crippen molar-refractivity contribution in [3.8, 4) is 0 Å². The third-order valence-electron chi connectivity index (χ3n) is 9.26. The molecule has 10 nitrogen and oxygen atoms in total. The molecule has 2 saturated carbocycles. The fraction of sp³-hybridized carbons (Fsp3) is 0.879. The van der Waals surface area contributed by atoms with Gasteiger partial charge in [-0.2, -0.15) is 0 Å². The van der Waals surface area contributed by atoms with Gasteiger partial charge >= 0.3 is 23.9 Å². The summed E-state index contributed by atoms with van der Waals surface area (Å²) in [6, 6.07) is 0. The molecule has 2 aliphatic carbocycles. The van der Waals surface area contributed by atoms with Crippen molar-refractivity contribution in [2.75, 3.05) is 26.4 Å². The predicted octanol–water partition coefficient (Wildman–Crippen LogP) is 5.08. The number of hydrogen-bond donors (Lipinski definition) is 0. The van der Waals surface area contributed by atoms with E-state index >= 15 is 0 Å². The molecule has 0 spiro atoms. The summed E-state index contributed by atoms with van der Waals surface area (Å²) in [5, 5.41) is 0. The second kappa shape index (κ2) is 17.3. The van der Waals surface area contributed by atoms with Crippen molar-refractivity contribution in [2.24, 2.45) is 23.7 Å². The average molecular weight is 609 g/mol. The van der Waals surface area contributed by atoms with Crippen LogP contribution in [0.15, 0.2) is 0 Å². The summed E-state index contributed by atoms with van der Waals surface area (Å²) in [5.74, 6) is -3.47. The molecule has 4 rings (SSSR count). The highest BCUT2D eigenvalue weighted by molar-refractivity contribution is 5.83. The molecular weight excluding hydrogens is 556 g/mol. The van der Waals surface area contributed by atoms with Crippen LogP contribution in [-0.4, -0.2) is 74.7 Å². The first-order valence-electron chi connectivity index (χ1n) is 16.9. The maximum absolute atomic E-state index is 12.9. The number of esters is 4. The molecule has 8 atom stereocenters. The van der Waals surface area contributed by atoms with Crippen LogP contribution in [0.1, 0.15) is 110 Å². The summed E-state index contributed by atoms with van der Waals surface area (Å²) >= 11 is 0. The summed E-state index contributed by atoms with van der Waals surface area (Å²) in [7, 11) is 0. The van der Waals surface area contributed by atoms with Crippen molar-refractivity contribution in [1.29, 1.82) is 0 Å². The van der Waals surface area contributed by atoms with E-state index in [1.165, 1.54) is 0 Å². The fourth-order valence-electron chi connectivity index (χ4n) is 6.45. The molecule has 0 aromatic rings. The Balaban J connectivity index is 1.10. The Bertz CT molecular complexity index is 849. The second-order valence-corrected chi connectivity index (χ2v) is 12.6. The lowest BCUT2D eigenvalue weighted by Crippen LogP contribution is -2.38. The van der Waals surface area contributed by atoms with E-state index in [0.29, 0.717) is 58.2 Å². The van der Waals surface area contributed by atoms with E-state index in [4.69, 9.17) is 28.4 Å². The van der Waals surface area contributed by atoms with Gasteiger partial charge in [-0.3, -0.25) is 19.2 Å². The van der Waals surface area contributed by atoms with Gasteiger partial charge in [0.15, 0.2) is 0 Å². The molecule has 2 saturated heterocycles. The molecule has 0 radical (unpaired) electrons. The maximum Gasteiger partial charge on any atom is 0.309 e. The Kier molecular flexibility index (Phi) is 13.6. The van der Waals surface area contributed by atoms with E-state index in [1.807, 2.05) is 0 Å². The quantitative estimate of drug-likeness (QED) is 0.0798. The molecule has 10 heteroatoms. The first-order valence-corrected chi connectivity index (χ1v) is 16.9. The van der Waals surface area contributed by atoms with Crippen molar-refractivity contribution in [3.63, 3.8) is 0 Å². The predicted molar refractivity (Wildman–Crippen MR) is 156 cm³/mol. The number of carbonyl (C=O) groups is 4. The average Bonchev–Trinajstić information content (AvgIpc) is 3.93. The van der Waals surface area contributed by atoms with Gasteiger partial charge in [-0.1, -0.05) is 52.4 Å². The first-order chi connectivity index (χ1) is 20.9. The lowest BCUT2D eigenvalue weighted by molar-refractivity contribution is -0.162. The largest absolute Gasteiger partial charge is 0.465 e. The van der Waals surface area contributed by atoms with Gasteiger partial charge < -0.3 is 28.4 Å². The molecule has 4 fully saturated rings. The Labute approximate surface area is 256 Å². The summed E-state index contributed by atoms with van der Waals surface area (Å²) in [6.45, 7) is 5.52. The van der Waals surface area contributed by atoms with Crippen molar-refractivity contribution in [2.45, 2.75) is 135 Å². The number of ether oxygens (including phenoxy) is 6. The topological polar surface area (TPSA) is 130 Å². The van der Waals surface area contributed by atoms with Gasteiger partial charge in [0, 0.05) is 0 Å². The Morgan fingerprint density at radius 1 is 0.442 bits per heavy atom. The van der Waals surface area contributed by atoms with Gasteiger partial charge in [0.2, 0.25) is 0 Å². The summed E-state index contributed by atoms with van der Waals surface area (Å²) in [6.07, 6.45) is 12.3. The minimum absolute atomic E-state index is 0.0367. The smallest absolute Gasteiger partial charge is 0.309 e. The standard InChI is InChI=1S/C33H52O10/c1-3-5-7-10-14-38-30(34)22-18-26-28(42-26)20-24(22)32(36)40-16-12-9-13-17-41-33(37)25-21-29-27(43-29)19-23(25)31(35)39-15-11-8-6-4-2/h22-29H,3-21H2,1-2H3. The molecule has 0 N–H and O–H groups in total. The van der Waals surface area contributed by atoms with Crippen molar-refractivity contribution in [1.82, 2.24) is 0 Å². The van der Waals surface area contributed by atoms with Crippen LogP contribution in [0.4, 0.5) is 0 Å². The Hall–Kier alpha value is -2.20. The van der Waals surface area contributed by atoms with Crippen LogP contribution >= 0.6 is 0 Å². The number of unbranched alkanes of at least 4 members (excludes halogenated alkanes) is 8. The lowest BCUT2D eigenvalue weighted by Gasteiger charge is -2.26. The second-order valence-electron chi connectivity index (χ2n) is 12.6. The minimum atomic E-state index is -0.533. The summed E-state index contributed by atoms with van der Waals surface area (Å²) in [5.41, 5.74) is 0. The van der Waals surface area contributed by atoms with E-state index in [2.05, 4.69) is 13.8 Å². The molecule has 2 aliphatic heterocycles. The lowest BCUT2D eigenvalue weighted by atomic mass is 9.79. The van der Waals surface area contributed by atoms with Crippen LogP contribution < -0.4 is 0 Å². The molecule has 8 unspecified atom stereocenters. The first kappa shape index (κ1) is 33.7. The number of carbonyl (C=O) groups excluding carboxylic acids is 4. The number of rotatable bonds is 20. The third kappa shape index (κ3) is 10.4. The van der Waals surface area contributed by atoms with Crippen molar-refractivity contribution >= 4 is 23.9 Å². The van der Waals surface area contributed by atoms with Gasteiger partial charge in [-0.05, 0) is 57.8 Å². The van der Waals surface area contributed by atoms with Gasteiger partial charge in [0.1, 0.15) is 0 Å². The van der Waals surface area contributed by atoms with Gasteiger partial charge in [0.25, 0.3) is 0 Å². The molecule has 2 heterocycles. The molecular formula is C33H52O10. The van der Waals surface area contributed by atoms with Crippen LogP contribution in [0.3, 0.4) is 0 Å². The van der Waals surface area contributed by atoms with Crippen LogP contribution in [-0.2, 0) is 47.6 Å². The monoisotopic (exact) mass is 608 g/mol. The van der Waals surface area contributed by atoms with Crippen molar-refractivity contribution < 1.29 is 47.6 Å². The SMILES string of the molecule is CCCCCCOC(=O)C1CC2OC2CC1C(=O)OCCCCCOC(=O)C1CC2OC2CC1C(=O)OCCCCCC. The Morgan fingerprint density at radius 3 is 0.953 bits per heavy atom. The molecule has 43 heavy (non-hydrogen) atoms. The normalized spacial score (nSPS) is 30.4. The number of hydrogen-bond acceptors (Lipinski definition) is 10. The molecule has 0 bridgehead atoms. The van der Waals surface area contributed by atoms with Crippen LogP contribution in [0.25, 0.3) is 0 Å². The van der Waals surface area contributed by atoms with Gasteiger partial charge in [0.05, 0.1) is 74.5 Å². The minimum Gasteiger partial charge on any atom is -0.465 e. The van der Waals surface area contributed by atoms with E-state index in [0.717, 1.165) is 51.4 Å². The molecule has 0 aromatic carbocycles. The van der Waals surface area contributed by atoms with E-state index < -0.39 is 23.7 Å². The highest BCUT2D eigenvalue weighted by Crippen LogP contribution is 2.45. The highest BCUT2D eigenvalue weighted by atomic mass is 16.6. The van der Waals surface area contributed by atoms with E-state index in [1.54, 1.807) is 0 Å². The van der Waals surface area contributed by atoms with E-state index in [-0.39, 0.29) is 61.5 Å². The maximum atomic E-state index is 12.9. The zero-order valence-electron chi connectivity index (χ0n) is 26.1.